The molecule has 4 nitrogen and oxygen atoms in total. The molecule has 0 radical (unpaired) electrons. The molecule has 0 bridgehead atoms. The third kappa shape index (κ3) is 3.28. The van der Waals surface area contributed by atoms with Gasteiger partial charge in [0.25, 0.3) is 0 Å². The number of hydrogen-bond acceptors (Lipinski definition) is 5. The smallest absolute Gasteiger partial charge is 0.134 e. The molecule has 1 fully saturated rings. The van der Waals surface area contributed by atoms with Crippen LogP contribution in [0.15, 0.2) is 6.33 Å². The maximum absolute atomic E-state index is 4.43. The van der Waals surface area contributed by atoms with E-state index < -0.39 is 0 Å². The van der Waals surface area contributed by atoms with Crippen molar-refractivity contribution in [3.05, 3.63) is 11.9 Å². The first kappa shape index (κ1) is 13.5. The maximum Gasteiger partial charge on any atom is 0.134 e. The summed E-state index contributed by atoms with van der Waals surface area (Å²) in [5.41, 5.74) is 1.23. The van der Waals surface area contributed by atoms with E-state index in [2.05, 4.69) is 34.4 Å². The average molecular weight is 266 g/mol. The largest absolute Gasteiger partial charge is 0.370 e. The summed E-state index contributed by atoms with van der Waals surface area (Å²) in [6.45, 7) is 5.18. The van der Waals surface area contributed by atoms with Gasteiger partial charge in [-0.1, -0.05) is 13.3 Å². The molecular weight excluding hydrogens is 244 g/mol. The molecule has 100 valence electrons. The van der Waals surface area contributed by atoms with Crippen molar-refractivity contribution in [2.45, 2.75) is 39.2 Å². The highest BCUT2D eigenvalue weighted by atomic mass is 32.2. The minimum atomic E-state index is 0.565. The Kier molecular flexibility index (Phi) is 5.11. The van der Waals surface area contributed by atoms with Crippen molar-refractivity contribution in [3.8, 4) is 0 Å². The lowest BCUT2D eigenvalue weighted by atomic mass is 10.1. The topological polar surface area (TPSA) is 49.8 Å². The molecule has 0 saturated carbocycles. The molecule has 1 aromatic rings. The van der Waals surface area contributed by atoms with Crippen molar-refractivity contribution in [3.63, 3.8) is 0 Å². The highest BCUT2D eigenvalue weighted by Crippen LogP contribution is 2.25. The summed E-state index contributed by atoms with van der Waals surface area (Å²) in [6, 6.07) is 0.565. The maximum atomic E-state index is 4.43. The number of anilines is 2. The Morgan fingerprint density at radius 3 is 2.83 bits per heavy atom. The van der Waals surface area contributed by atoms with Crippen LogP contribution in [0.4, 0.5) is 11.6 Å². The molecule has 0 aliphatic carbocycles. The number of rotatable bonds is 6. The van der Waals surface area contributed by atoms with Crippen LogP contribution in [0.3, 0.4) is 0 Å². The molecule has 1 atom stereocenters. The van der Waals surface area contributed by atoms with Crippen LogP contribution in [-0.2, 0) is 6.42 Å². The van der Waals surface area contributed by atoms with Gasteiger partial charge in [0.05, 0.1) is 0 Å². The molecule has 1 aliphatic heterocycles. The first-order valence-electron chi connectivity index (χ1n) is 6.77. The zero-order valence-corrected chi connectivity index (χ0v) is 12.0. The van der Waals surface area contributed by atoms with Crippen molar-refractivity contribution in [2.75, 3.05) is 28.7 Å². The molecule has 1 saturated heterocycles. The van der Waals surface area contributed by atoms with Crippen molar-refractivity contribution in [1.29, 1.82) is 0 Å². The fourth-order valence-corrected chi connectivity index (χ4v) is 3.34. The molecule has 0 aromatic carbocycles. The van der Waals surface area contributed by atoms with Crippen LogP contribution in [0, 0.1) is 0 Å². The molecule has 5 heteroatoms. The number of aromatic nitrogens is 2. The number of hydrogen-bond donors (Lipinski definition) is 2. The predicted molar refractivity (Wildman–Crippen MR) is 79.5 cm³/mol. The van der Waals surface area contributed by atoms with Crippen LogP contribution >= 0.6 is 11.8 Å². The third-order valence-electron chi connectivity index (χ3n) is 3.06. The first-order chi connectivity index (χ1) is 8.85. The van der Waals surface area contributed by atoms with Gasteiger partial charge in [-0.05, 0) is 25.5 Å². The standard InChI is InChI=1S/C13H22N4S/c1-3-5-11-12(14-4-2)15-9-16-13(11)17-10-6-7-18-8-10/h9-10H,3-8H2,1-2H3,(H2,14,15,16,17). The Labute approximate surface area is 113 Å². The Morgan fingerprint density at radius 1 is 1.33 bits per heavy atom. The fraction of sp³-hybridized carbons (Fsp3) is 0.692. The van der Waals surface area contributed by atoms with E-state index in [0.29, 0.717) is 6.04 Å². The lowest BCUT2D eigenvalue weighted by molar-refractivity contribution is 0.796. The normalized spacial score (nSPS) is 18.9. The van der Waals surface area contributed by atoms with Gasteiger partial charge in [-0.25, -0.2) is 9.97 Å². The van der Waals surface area contributed by atoms with Gasteiger partial charge < -0.3 is 10.6 Å². The van der Waals surface area contributed by atoms with E-state index in [-0.39, 0.29) is 0 Å². The van der Waals surface area contributed by atoms with E-state index in [9.17, 15) is 0 Å². The highest BCUT2D eigenvalue weighted by Gasteiger charge is 2.18. The molecule has 0 spiro atoms. The van der Waals surface area contributed by atoms with E-state index in [1.54, 1.807) is 6.33 Å². The van der Waals surface area contributed by atoms with Gasteiger partial charge in [-0.3, -0.25) is 0 Å². The number of thioether (sulfide) groups is 1. The summed E-state index contributed by atoms with van der Waals surface area (Å²) in [4.78, 5) is 8.79. The zero-order chi connectivity index (χ0) is 12.8. The van der Waals surface area contributed by atoms with Gasteiger partial charge in [0.15, 0.2) is 0 Å². The Bertz CT molecular complexity index is 377. The van der Waals surface area contributed by atoms with Crippen molar-refractivity contribution < 1.29 is 0 Å². The number of nitrogens with zero attached hydrogens (tertiary/aromatic N) is 2. The lowest BCUT2D eigenvalue weighted by Crippen LogP contribution is -2.21. The van der Waals surface area contributed by atoms with Crippen LogP contribution in [0.2, 0.25) is 0 Å². The minimum Gasteiger partial charge on any atom is -0.370 e. The van der Waals surface area contributed by atoms with Gasteiger partial charge in [-0.2, -0.15) is 11.8 Å². The molecular formula is C13H22N4S. The van der Waals surface area contributed by atoms with Crippen LogP contribution in [0.5, 0.6) is 0 Å². The van der Waals surface area contributed by atoms with E-state index in [0.717, 1.165) is 31.0 Å². The molecule has 0 amide bonds. The Balaban J connectivity index is 2.17. The van der Waals surface area contributed by atoms with Crippen LogP contribution in [-0.4, -0.2) is 34.1 Å². The summed E-state index contributed by atoms with van der Waals surface area (Å²) >= 11 is 2.01. The SMILES string of the molecule is CCCc1c(NCC)ncnc1NC1CCSC1. The lowest BCUT2D eigenvalue weighted by Gasteiger charge is -2.17. The second-order valence-corrected chi connectivity index (χ2v) is 5.68. The van der Waals surface area contributed by atoms with Crippen LogP contribution in [0.25, 0.3) is 0 Å². The summed E-state index contributed by atoms with van der Waals surface area (Å²) in [5, 5.41) is 6.91. The van der Waals surface area contributed by atoms with E-state index in [1.807, 2.05) is 11.8 Å². The molecule has 2 heterocycles. The van der Waals surface area contributed by atoms with Gasteiger partial charge in [-0.15, -0.1) is 0 Å². The summed E-state index contributed by atoms with van der Waals surface area (Å²) in [5.74, 6) is 4.45. The second kappa shape index (κ2) is 6.83. The first-order valence-corrected chi connectivity index (χ1v) is 7.92. The Morgan fingerprint density at radius 2 is 2.17 bits per heavy atom. The van der Waals surface area contributed by atoms with Crippen molar-refractivity contribution in [1.82, 2.24) is 9.97 Å². The molecule has 2 rings (SSSR count). The summed E-state index contributed by atoms with van der Waals surface area (Å²) < 4.78 is 0. The van der Waals surface area contributed by atoms with Gasteiger partial charge >= 0.3 is 0 Å². The Hall–Kier alpha value is -0.970. The summed E-state index contributed by atoms with van der Waals surface area (Å²) in [6.07, 6.45) is 5.02. The second-order valence-electron chi connectivity index (χ2n) is 4.53. The van der Waals surface area contributed by atoms with Crippen molar-refractivity contribution in [2.24, 2.45) is 0 Å². The predicted octanol–water partition coefficient (Wildman–Crippen LogP) is 2.78. The molecule has 1 aromatic heterocycles. The molecule has 2 N–H and O–H groups in total. The number of nitrogens with one attached hydrogen (secondary N) is 2. The molecule has 18 heavy (non-hydrogen) atoms. The van der Waals surface area contributed by atoms with Gasteiger partial charge in [0, 0.05) is 23.9 Å². The average Bonchev–Trinajstić information content (AvgIpc) is 2.86. The van der Waals surface area contributed by atoms with E-state index in [4.69, 9.17) is 0 Å². The van der Waals surface area contributed by atoms with Crippen molar-refractivity contribution >= 4 is 23.4 Å². The van der Waals surface area contributed by atoms with E-state index >= 15 is 0 Å². The highest BCUT2D eigenvalue weighted by molar-refractivity contribution is 7.99. The third-order valence-corrected chi connectivity index (χ3v) is 4.22. The monoisotopic (exact) mass is 266 g/mol. The minimum absolute atomic E-state index is 0.565. The van der Waals surface area contributed by atoms with Crippen LogP contribution in [0.1, 0.15) is 32.3 Å². The quantitative estimate of drug-likeness (QED) is 0.829. The van der Waals surface area contributed by atoms with Crippen LogP contribution < -0.4 is 10.6 Å². The summed E-state index contributed by atoms with van der Waals surface area (Å²) in [7, 11) is 0. The van der Waals surface area contributed by atoms with E-state index in [1.165, 1.54) is 23.5 Å². The van der Waals surface area contributed by atoms with Gasteiger partial charge in [0.1, 0.15) is 18.0 Å². The molecule has 1 aliphatic rings. The zero-order valence-electron chi connectivity index (χ0n) is 11.2. The fourth-order valence-electron chi connectivity index (χ4n) is 2.18. The van der Waals surface area contributed by atoms with Gasteiger partial charge in [0.2, 0.25) is 0 Å². The molecule has 1 unspecified atom stereocenters.